The van der Waals surface area contributed by atoms with Crippen LogP contribution in [0.1, 0.15) is 30.3 Å². The number of carbonyl (C=O) groups is 1. The van der Waals surface area contributed by atoms with E-state index in [0.29, 0.717) is 21.4 Å². The Labute approximate surface area is 151 Å². The van der Waals surface area contributed by atoms with E-state index in [1.807, 2.05) is 0 Å². The van der Waals surface area contributed by atoms with Gasteiger partial charge in [0, 0.05) is 24.2 Å². The maximum Gasteiger partial charge on any atom is 0.274 e. The Hall–Kier alpha value is -1.85. The molecule has 126 valence electrons. The maximum absolute atomic E-state index is 12.4. The molecule has 1 aliphatic rings. The molecule has 24 heavy (non-hydrogen) atoms. The van der Waals surface area contributed by atoms with Crippen molar-refractivity contribution in [3.8, 4) is 0 Å². The Kier molecular flexibility index (Phi) is 5.21. The lowest BCUT2D eigenvalue weighted by Gasteiger charge is -2.31. The van der Waals surface area contributed by atoms with E-state index < -0.39 is 0 Å². The van der Waals surface area contributed by atoms with E-state index in [1.165, 1.54) is 6.33 Å². The van der Waals surface area contributed by atoms with Crippen molar-refractivity contribution in [2.75, 3.05) is 23.3 Å². The highest BCUT2D eigenvalue weighted by molar-refractivity contribution is 6.36. The summed E-state index contributed by atoms with van der Waals surface area (Å²) >= 11 is 12.0. The van der Waals surface area contributed by atoms with Crippen molar-refractivity contribution in [3.05, 3.63) is 46.3 Å². The van der Waals surface area contributed by atoms with Crippen molar-refractivity contribution in [1.29, 1.82) is 0 Å². The fourth-order valence-electron chi connectivity index (χ4n) is 2.66. The van der Waals surface area contributed by atoms with Crippen LogP contribution in [-0.4, -0.2) is 29.0 Å². The van der Waals surface area contributed by atoms with Crippen LogP contribution in [0.15, 0.2) is 30.6 Å². The zero-order valence-electron chi connectivity index (χ0n) is 13.3. The predicted molar refractivity (Wildman–Crippen MR) is 97.1 cm³/mol. The molecule has 1 saturated heterocycles. The average Bonchev–Trinajstić information content (AvgIpc) is 2.58. The Morgan fingerprint density at radius 3 is 2.67 bits per heavy atom. The standard InChI is InChI=1S/C17H18Cl2N4O/c1-11-4-6-23(7-5-11)16-9-15(20-10-21-16)17(24)22-14-3-2-12(18)8-13(14)19/h2-3,8-11H,4-7H2,1H3,(H,22,24). The van der Waals surface area contributed by atoms with Crippen molar-refractivity contribution < 1.29 is 4.79 Å². The average molecular weight is 365 g/mol. The lowest BCUT2D eigenvalue weighted by Crippen LogP contribution is -2.33. The van der Waals surface area contributed by atoms with Gasteiger partial charge in [0.05, 0.1) is 10.7 Å². The number of aromatic nitrogens is 2. The van der Waals surface area contributed by atoms with Crippen LogP contribution < -0.4 is 10.2 Å². The summed E-state index contributed by atoms with van der Waals surface area (Å²) < 4.78 is 0. The minimum absolute atomic E-state index is 0.310. The van der Waals surface area contributed by atoms with Crippen molar-refractivity contribution >= 4 is 40.6 Å². The van der Waals surface area contributed by atoms with Gasteiger partial charge in [0.2, 0.25) is 0 Å². The molecule has 0 radical (unpaired) electrons. The monoisotopic (exact) mass is 364 g/mol. The van der Waals surface area contributed by atoms with E-state index in [1.54, 1.807) is 24.3 Å². The molecule has 0 unspecified atom stereocenters. The number of hydrogen-bond acceptors (Lipinski definition) is 4. The van der Waals surface area contributed by atoms with E-state index in [0.717, 1.165) is 37.7 Å². The van der Waals surface area contributed by atoms with Gasteiger partial charge in [-0.05, 0) is 37.0 Å². The third-order valence-corrected chi connectivity index (χ3v) is 4.72. The first-order chi connectivity index (χ1) is 11.5. The molecule has 0 bridgehead atoms. The quantitative estimate of drug-likeness (QED) is 0.883. The number of piperidine rings is 1. The van der Waals surface area contributed by atoms with Crippen LogP contribution in [0.4, 0.5) is 11.5 Å². The van der Waals surface area contributed by atoms with Gasteiger partial charge in [0.15, 0.2) is 0 Å². The summed E-state index contributed by atoms with van der Waals surface area (Å²) in [5.74, 6) is 1.19. The Morgan fingerprint density at radius 2 is 1.96 bits per heavy atom. The fourth-order valence-corrected chi connectivity index (χ4v) is 3.11. The first kappa shape index (κ1) is 17.0. The van der Waals surface area contributed by atoms with Crippen LogP contribution in [-0.2, 0) is 0 Å². The topological polar surface area (TPSA) is 58.1 Å². The van der Waals surface area contributed by atoms with Gasteiger partial charge in [-0.2, -0.15) is 0 Å². The highest BCUT2D eigenvalue weighted by Crippen LogP contribution is 2.26. The van der Waals surface area contributed by atoms with Gasteiger partial charge < -0.3 is 10.2 Å². The third kappa shape index (κ3) is 3.97. The van der Waals surface area contributed by atoms with Gasteiger partial charge in [0.1, 0.15) is 17.8 Å². The molecule has 2 heterocycles. The minimum Gasteiger partial charge on any atom is -0.356 e. The second-order valence-corrected chi connectivity index (χ2v) is 6.85. The summed E-state index contributed by atoms with van der Waals surface area (Å²) in [6, 6.07) is 6.63. The highest BCUT2D eigenvalue weighted by Gasteiger charge is 2.19. The molecule has 5 nitrogen and oxygen atoms in total. The Balaban J connectivity index is 1.74. The lowest BCUT2D eigenvalue weighted by molar-refractivity contribution is 0.102. The van der Waals surface area contributed by atoms with Gasteiger partial charge in [-0.3, -0.25) is 4.79 Å². The van der Waals surface area contributed by atoms with Crippen LogP contribution in [0, 0.1) is 5.92 Å². The van der Waals surface area contributed by atoms with Crippen LogP contribution in [0.2, 0.25) is 10.0 Å². The molecule has 2 aromatic rings. The van der Waals surface area contributed by atoms with E-state index in [2.05, 4.69) is 27.1 Å². The zero-order chi connectivity index (χ0) is 17.1. The molecule has 1 aliphatic heterocycles. The number of halogens is 2. The molecule has 0 saturated carbocycles. The number of benzene rings is 1. The molecule has 1 N–H and O–H groups in total. The second-order valence-electron chi connectivity index (χ2n) is 6.01. The molecule has 0 atom stereocenters. The van der Waals surface area contributed by atoms with Crippen molar-refractivity contribution in [3.63, 3.8) is 0 Å². The molecule has 1 amide bonds. The van der Waals surface area contributed by atoms with Crippen LogP contribution >= 0.6 is 23.2 Å². The first-order valence-electron chi connectivity index (χ1n) is 7.86. The largest absolute Gasteiger partial charge is 0.356 e. The van der Waals surface area contributed by atoms with Crippen LogP contribution in [0.3, 0.4) is 0 Å². The fraction of sp³-hybridized carbons (Fsp3) is 0.353. The number of carbonyl (C=O) groups excluding carboxylic acids is 1. The third-order valence-electron chi connectivity index (χ3n) is 4.17. The van der Waals surface area contributed by atoms with E-state index >= 15 is 0 Å². The molecule has 1 aromatic heterocycles. The molecular weight excluding hydrogens is 347 g/mol. The molecule has 3 rings (SSSR count). The van der Waals surface area contributed by atoms with Crippen LogP contribution in [0.5, 0.6) is 0 Å². The number of rotatable bonds is 3. The molecule has 1 aromatic carbocycles. The van der Waals surface area contributed by atoms with Gasteiger partial charge in [-0.25, -0.2) is 9.97 Å². The Bertz CT molecular complexity index is 745. The molecule has 1 fully saturated rings. The predicted octanol–water partition coefficient (Wildman–Crippen LogP) is 4.27. The van der Waals surface area contributed by atoms with Crippen LogP contribution in [0.25, 0.3) is 0 Å². The SMILES string of the molecule is CC1CCN(c2cc(C(=O)Nc3ccc(Cl)cc3Cl)ncn2)CC1. The van der Waals surface area contributed by atoms with Gasteiger partial charge >= 0.3 is 0 Å². The smallest absolute Gasteiger partial charge is 0.274 e. The van der Waals surface area contributed by atoms with Crippen molar-refractivity contribution in [1.82, 2.24) is 9.97 Å². The molecule has 0 aliphatic carbocycles. The first-order valence-corrected chi connectivity index (χ1v) is 8.62. The number of anilines is 2. The van der Waals surface area contributed by atoms with Crippen molar-refractivity contribution in [2.24, 2.45) is 5.92 Å². The van der Waals surface area contributed by atoms with Crippen molar-refractivity contribution in [2.45, 2.75) is 19.8 Å². The van der Waals surface area contributed by atoms with Gasteiger partial charge in [-0.1, -0.05) is 30.1 Å². The normalized spacial score (nSPS) is 15.4. The number of amides is 1. The summed E-state index contributed by atoms with van der Waals surface area (Å²) in [6.07, 6.45) is 3.68. The summed E-state index contributed by atoms with van der Waals surface area (Å²) in [4.78, 5) is 23.0. The minimum atomic E-state index is -0.326. The number of hydrogen-bond donors (Lipinski definition) is 1. The summed E-state index contributed by atoms with van der Waals surface area (Å²) in [7, 11) is 0. The van der Waals surface area contributed by atoms with E-state index in [-0.39, 0.29) is 5.91 Å². The van der Waals surface area contributed by atoms with Gasteiger partial charge in [-0.15, -0.1) is 0 Å². The number of nitrogens with zero attached hydrogens (tertiary/aromatic N) is 3. The highest BCUT2D eigenvalue weighted by atomic mass is 35.5. The summed E-state index contributed by atoms with van der Waals surface area (Å²) in [5, 5.41) is 3.65. The molecular formula is C17H18Cl2N4O. The Morgan fingerprint density at radius 1 is 1.21 bits per heavy atom. The molecule has 0 spiro atoms. The second kappa shape index (κ2) is 7.36. The lowest BCUT2D eigenvalue weighted by atomic mass is 9.99. The summed E-state index contributed by atoms with van der Waals surface area (Å²) in [6.45, 7) is 4.15. The number of nitrogens with one attached hydrogen (secondary N) is 1. The van der Waals surface area contributed by atoms with E-state index in [4.69, 9.17) is 23.2 Å². The van der Waals surface area contributed by atoms with E-state index in [9.17, 15) is 4.79 Å². The maximum atomic E-state index is 12.4. The molecule has 7 heteroatoms. The summed E-state index contributed by atoms with van der Waals surface area (Å²) in [5.41, 5.74) is 0.808. The zero-order valence-corrected chi connectivity index (χ0v) is 14.8. The van der Waals surface area contributed by atoms with Gasteiger partial charge in [0.25, 0.3) is 5.91 Å².